The molecular formula is C17H22N6O4. The molecule has 27 heavy (non-hydrogen) atoms. The predicted octanol–water partition coefficient (Wildman–Crippen LogP) is -1.04. The quantitative estimate of drug-likeness (QED) is 0.341. The van der Waals surface area contributed by atoms with Gasteiger partial charge in [-0.3, -0.25) is 19.3 Å². The Bertz CT molecular complexity index is 861. The standard InChI is InChI=1S/C17H22N6O4/c1-20-15(17(26)22-14(8-24)16(19)25)12-7-11(3-4-13(12)18)27-9-10-5-6-21-23(10)2/h3-7,14,24H,8-9,18H2,1-2H3,(H2,19,25)(H,22,26). The van der Waals surface area contributed by atoms with Crippen LogP contribution in [-0.4, -0.2) is 52.1 Å². The van der Waals surface area contributed by atoms with Crippen molar-refractivity contribution in [2.24, 2.45) is 17.8 Å². The van der Waals surface area contributed by atoms with Crippen molar-refractivity contribution in [1.29, 1.82) is 0 Å². The summed E-state index contributed by atoms with van der Waals surface area (Å²) in [5.41, 5.74) is 12.6. The highest BCUT2D eigenvalue weighted by Gasteiger charge is 2.22. The second-order valence-electron chi connectivity index (χ2n) is 5.67. The second kappa shape index (κ2) is 8.81. The number of benzene rings is 1. The van der Waals surface area contributed by atoms with Crippen LogP contribution >= 0.6 is 0 Å². The topological polar surface area (TPSA) is 158 Å². The number of primary amides is 1. The fourth-order valence-corrected chi connectivity index (χ4v) is 2.31. The monoisotopic (exact) mass is 374 g/mol. The summed E-state index contributed by atoms with van der Waals surface area (Å²) in [5, 5.41) is 15.5. The van der Waals surface area contributed by atoms with E-state index in [0.717, 1.165) is 5.69 Å². The first-order chi connectivity index (χ1) is 12.9. The normalized spacial score (nSPS) is 12.5. The largest absolute Gasteiger partial charge is 0.487 e. The Kier molecular flexibility index (Phi) is 6.50. The third-order valence-corrected chi connectivity index (χ3v) is 3.86. The van der Waals surface area contributed by atoms with E-state index < -0.39 is 24.5 Å². The van der Waals surface area contributed by atoms with Gasteiger partial charge in [0.25, 0.3) is 5.91 Å². The van der Waals surface area contributed by atoms with Gasteiger partial charge in [0.05, 0.1) is 12.3 Å². The number of aliphatic hydroxyl groups excluding tert-OH is 1. The molecule has 0 aliphatic carbocycles. The van der Waals surface area contributed by atoms with Crippen molar-refractivity contribution in [3.05, 3.63) is 41.7 Å². The molecule has 6 N–H and O–H groups in total. The molecule has 1 atom stereocenters. The van der Waals surface area contributed by atoms with Crippen LogP contribution in [0, 0.1) is 0 Å². The molecule has 1 aromatic carbocycles. The minimum atomic E-state index is -1.22. The number of hydrogen-bond donors (Lipinski definition) is 4. The number of nitrogens with two attached hydrogens (primary N) is 2. The molecule has 144 valence electrons. The van der Waals surface area contributed by atoms with Gasteiger partial charge >= 0.3 is 0 Å². The molecule has 2 rings (SSSR count). The Labute approximate surface area is 155 Å². The van der Waals surface area contributed by atoms with E-state index in [4.69, 9.17) is 21.3 Å². The maximum absolute atomic E-state index is 12.4. The minimum absolute atomic E-state index is 0.0156. The molecule has 0 fully saturated rings. The first-order valence-corrected chi connectivity index (χ1v) is 8.04. The summed E-state index contributed by atoms with van der Waals surface area (Å²) in [7, 11) is 3.21. The summed E-state index contributed by atoms with van der Waals surface area (Å²) in [6.45, 7) is -0.347. The number of nitrogen functional groups attached to an aromatic ring is 1. The van der Waals surface area contributed by atoms with Crippen molar-refractivity contribution >= 4 is 23.2 Å². The molecule has 1 aromatic heterocycles. The van der Waals surface area contributed by atoms with Gasteiger partial charge in [0.15, 0.2) is 0 Å². The third-order valence-electron chi connectivity index (χ3n) is 3.86. The number of aryl methyl sites for hydroxylation is 1. The van der Waals surface area contributed by atoms with Gasteiger partial charge in [-0.25, -0.2) is 0 Å². The minimum Gasteiger partial charge on any atom is -0.487 e. The highest BCUT2D eigenvalue weighted by molar-refractivity contribution is 6.46. The van der Waals surface area contributed by atoms with Crippen molar-refractivity contribution in [3.8, 4) is 5.75 Å². The molecule has 0 saturated carbocycles. The zero-order valence-electron chi connectivity index (χ0n) is 15.0. The summed E-state index contributed by atoms with van der Waals surface area (Å²) >= 11 is 0. The van der Waals surface area contributed by atoms with Crippen molar-refractivity contribution in [2.45, 2.75) is 12.6 Å². The molecule has 0 aliphatic heterocycles. The van der Waals surface area contributed by atoms with Crippen LogP contribution in [0.4, 0.5) is 5.69 Å². The lowest BCUT2D eigenvalue weighted by Gasteiger charge is -2.15. The number of anilines is 1. The highest BCUT2D eigenvalue weighted by atomic mass is 16.5. The molecule has 2 amide bonds. The first-order valence-electron chi connectivity index (χ1n) is 8.04. The van der Waals surface area contributed by atoms with Gasteiger partial charge < -0.3 is 26.6 Å². The number of carbonyl (C=O) groups excluding carboxylic acids is 2. The molecule has 0 aliphatic rings. The number of aliphatic imine (C=N–C) groups is 1. The van der Waals surface area contributed by atoms with Crippen LogP contribution in [0.2, 0.25) is 0 Å². The molecular weight excluding hydrogens is 352 g/mol. The molecule has 1 unspecified atom stereocenters. The molecule has 0 spiro atoms. The fraction of sp³-hybridized carbons (Fsp3) is 0.294. The van der Waals surface area contributed by atoms with E-state index in [2.05, 4.69) is 15.4 Å². The lowest BCUT2D eigenvalue weighted by atomic mass is 10.1. The molecule has 0 radical (unpaired) electrons. The van der Waals surface area contributed by atoms with Gasteiger partial charge in [0.2, 0.25) is 5.91 Å². The van der Waals surface area contributed by atoms with Crippen LogP contribution in [0.15, 0.2) is 35.5 Å². The van der Waals surface area contributed by atoms with Crippen LogP contribution in [0.1, 0.15) is 11.3 Å². The van der Waals surface area contributed by atoms with E-state index >= 15 is 0 Å². The number of aliphatic hydroxyl groups is 1. The van der Waals surface area contributed by atoms with Crippen molar-refractivity contribution in [2.75, 3.05) is 19.4 Å². The molecule has 1 heterocycles. The Morgan fingerprint density at radius 3 is 2.70 bits per heavy atom. The highest BCUT2D eigenvalue weighted by Crippen LogP contribution is 2.22. The average Bonchev–Trinajstić information content (AvgIpc) is 3.05. The van der Waals surface area contributed by atoms with E-state index in [-0.39, 0.29) is 12.3 Å². The second-order valence-corrected chi connectivity index (χ2v) is 5.67. The van der Waals surface area contributed by atoms with Crippen LogP contribution < -0.4 is 21.5 Å². The van der Waals surface area contributed by atoms with Gasteiger partial charge in [0, 0.05) is 31.5 Å². The number of ether oxygens (including phenoxy) is 1. The fourth-order valence-electron chi connectivity index (χ4n) is 2.31. The zero-order chi connectivity index (χ0) is 20.0. The molecule has 10 heteroatoms. The van der Waals surface area contributed by atoms with E-state index in [0.29, 0.717) is 17.0 Å². The van der Waals surface area contributed by atoms with Crippen molar-refractivity contribution in [3.63, 3.8) is 0 Å². The predicted molar refractivity (Wildman–Crippen MR) is 99.1 cm³/mol. The van der Waals surface area contributed by atoms with Gasteiger partial charge in [-0.2, -0.15) is 5.10 Å². The summed E-state index contributed by atoms with van der Waals surface area (Å²) in [5.74, 6) is -1.07. The molecule has 2 aromatic rings. The van der Waals surface area contributed by atoms with Crippen LogP contribution in [0.5, 0.6) is 5.75 Å². The number of aromatic nitrogens is 2. The third kappa shape index (κ3) is 4.82. The zero-order valence-corrected chi connectivity index (χ0v) is 15.0. The summed E-state index contributed by atoms with van der Waals surface area (Å²) in [4.78, 5) is 27.6. The summed E-state index contributed by atoms with van der Waals surface area (Å²) in [6.07, 6.45) is 1.66. The Morgan fingerprint density at radius 1 is 1.41 bits per heavy atom. The number of rotatable bonds is 8. The summed E-state index contributed by atoms with van der Waals surface area (Å²) < 4.78 is 7.41. The van der Waals surface area contributed by atoms with Crippen LogP contribution in [-0.2, 0) is 23.2 Å². The smallest absolute Gasteiger partial charge is 0.270 e. The Balaban J connectivity index is 2.20. The van der Waals surface area contributed by atoms with E-state index in [1.54, 1.807) is 36.1 Å². The average molecular weight is 374 g/mol. The lowest BCUT2D eigenvalue weighted by molar-refractivity contribution is -0.125. The molecule has 0 saturated heterocycles. The van der Waals surface area contributed by atoms with Crippen LogP contribution in [0.3, 0.4) is 0 Å². The lowest BCUT2D eigenvalue weighted by Crippen LogP contribution is -2.49. The maximum atomic E-state index is 12.4. The SMILES string of the molecule is CN=C(C(=O)NC(CO)C(N)=O)c1cc(OCc2ccnn2C)ccc1N. The summed E-state index contributed by atoms with van der Waals surface area (Å²) in [6, 6.07) is 5.43. The van der Waals surface area contributed by atoms with Crippen molar-refractivity contribution in [1.82, 2.24) is 15.1 Å². The number of hydrogen-bond acceptors (Lipinski definition) is 7. The van der Waals surface area contributed by atoms with Crippen molar-refractivity contribution < 1.29 is 19.4 Å². The van der Waals surface area contributed by atoms with Gasteiger partial charge in [-0.05, 0) is 24.3 Å². The van der Waals surface area contributed by atoms with Gasteiger partial charge in [0.1, 0.15) is 24.1 Å². The number of nitrogens with one attached hydrogen (secondary N) is 1. The van der Waals surface area contributed by atoms with E-state index in [1.807, 2.05) is 6.07 Å². The number of carbonyl (C=O) groups is 2. The van der Waals surface area contributed by atoms with E-state index in [1.165, 1.54) is 7.05 Å². The van der Waals surface area contributed by atoms with Crippen LogP contribution in [0.25, 0.3) is 0 Å². The Morgan fingerprint density at radius 2 is 2.15 bits per heavy atom. The van der Waals surface area contributed by atoms with Gasteiger partial charge in [-0.15, -0.1) is 0 Å². The Hall–Kier alpha value is -3.40. The molecule has 0 bridgehead atoms. The number of amides is 2. The van der Waals surface area contributed by atoms with Gasteiger partial charge in [-0.1, -0.05) is 0 Å². The maximum Gasteiger partial charge on any atom is 0.270 e. The first kappa shape index (κ1) is 19.9. The number of nitrogens with zero attached hydrogens (tertiary/aromatic N) is 3. The molecule has 10 nitrogen and oxygen atoms in total. The van der Waals surface area contributed by atoms with E-state index in [9.17, 15) is 9.59 Å².